The van der Waals surface area contributed by atoms with Gasteiger partial charge in [-0.25, -0.2) is 0 Å². The van der Waals surface area contributed by atoms with Crippen LogP contribution >= 0.6 is 0 Å². The summed E-state index contributed by atoms with van der Waals surface area (Å²) in [6.07, 6.45) is 5.32. The summed E-state index contributed by atoms with van der Waals surface area (Å²) in [5.41, 5.74) is -0.208. The van der Waals surface area contributed by atoms with Gasteiger partial charge in [-0.2, -0.15) is 5.10 Å². The van der Waals surface area contributed by atoms with Gasteiger partial charge in [-0.3, -0.25) is 9.48 Å². The van der Waals surface area contributed by atoms with Crippen molar-refractivity contribution in [1.82, 2.24) is 19.2 Å². The lowest BCUT2D eigenvalue weighted by molar-refractivity contribution is -0.0668. The van der Waals surface area contributed by atoms with Crippen LogP contribution in [0.5, 0.6) is 0 Å². The monoisotopic (exact) mass is 260 g/mol. The summed E-state index contributed by atoms with van der Waals surface area (Å²) >= 11 is 0. The summed E-state index contributed by atoms with van der Waals surface area (Å²) in [6, 6.07) is 3.80. The van der Waals surface area contributed by atoms with Gasteiger partial charge in [0, 0.05) is 19.4 Å². The van der Waals surface area contributed by atoms with Crippen LogP contribution in [0.25, 0.3) is 5.82 Å². The van der Waals surface area contributed by atoms with E-state index in [0.29, 0.717) is 18.7 Å². The normalized spacial score (nSPS) is 17.3. The number of aromatic nitrogens is 3. The standard InChI is InChI=1S/C13H16N4O2/c1-13(19)8-17(9-13)12(18)10-7-14-15(2)11(10)16-5-3-4-6-16/h3-7,19H,8-9H2,1-2H3. The molecule has 3 rings (SSSR count). The summed E-state index contributed by atoms with van der Waals surface area (Å²) in [5.74, 6) is 0.643. The third-order valence-corrected chi connectivity index (χ3v) is 3.34. The third kappa shape index (κ3) is 1.94. The summed E-state index contributed by atoms with van der Waals surface area (Å²) in [5, 5.41) is 13.9. The number of likely N-dealkylation sites (tertiary alicyclic amines) is 1. The first-order valence-electron chi connectivity index (χ1n) is 6.15. The number of amides is 1. The number of carbonyl (C=O) groups is 1. The van der Waals surface area contributed by atoms with E-state index < -0.39 is 5.60 Å². The highest BCUT2D eigenvalue weighted by atomic mass is 16.3. The molecule has 6 heteroatoms. The van der Waals surface area contributed by atoms with Gasteiger partial charge in [-0.1, -0.05) is 0 Å². The molecule has 0 aliphatic carbocycles. The lowest BCUT2D eigenvalue weighted by Crippen LogP contribution is -2.61. The molecule has 3 heterocycles. The summed E-state index contributed by atoms with van der Waals surface area (Å²) < 4.78 is 3.53. The largest absolute Gasteiger partial charge is 0.386 e. The number of nitrogens with zero attached hydrogens (tertiary/aromatic N) is 4. The minimum atomic E-state index is -0.758. The highest BCUT2D eigenvalue weighted by Crippen LogP contribution is 2.24. The van der Waals surface area contributed by atoms with Crippen LogP contribution in [-0.4, -0.2) is 49.0 Å². The molecule has 0 bridgehead atoms. The Morgan fingerprint density at radius 3 is 2.58 bits per heavy atom. The minimum absolute atomic E-state index is 0.0941. The fourth-order valence-corrected chi connectivity index (χ4v) is 2.45. The predicted molar refractivity (Wildman–Crippen MR) is 69.1 cm³/mol. The number of hydrogen-bond acceptors (Lipinski definition) is 3. The molecule has 0 unspecified atom stereocenters. The Balaban J connectivity index is 1.92. The molecule has 1 N–H and O–H groups in total. The summed E-state index contributed by atoms with van der Waals surface area (Å²) in [7, 11) is 1.80. The second-order valence-corrected chi connectivity index (χ2v) is 5.25. The molecular weight excluding hydrogens is 244 g/mol. The Kier molecular flexibility index (Phi) is 2.50. The van der Waals surface area contributed by atoms with Gasteiger partial charge in [0.2, 0.25) is 0 Å². The van der Waals surface area contributed by atoms with Crippen molar-refractivity contribution in [2.24, 2.45) is 7.05 Å². The lowest BCUT2D eigenvalue weighted by Gasteiger charge is -2.44. The van der Waals surface area contributed by atoms with Gasteiger partial charge in [0.1, 0.15) is 11.4 Å². The van der Waals surface area contributed by atoms with E-state index in [2.05, 4.69) is 5.10 Å². The Hall–Kier alpha value is -2.08. The van der Waals surface area contributed by atoms with Crippen LogP contribution in [0, 0.1) is 0 Å². The van der Waals surface area contributed by atoms with Crippen molar-refractivity contribution in [3.05, 3.63) is 36.3 Å². The van der Waals surface area contributed by atoms with E-state index in [0.717, 1.165) is 5.82 Å². The number of hydrogen-bond donors (Lipinski definition) is 1. The second kappa shape index (κ2) is 3.96. The number of aryl methyl sites for hydroxylation is 1. The zero-order valence-electron chi connectivity index (χ0n) is 10.9. The molecule has 1 fully saturated rings. The number of carbonyl (C=O) groups excluding carboxylic acids is 1. The average Bonchev–Trinajstić information content (AvgIpc) is 2.93. The van der Waals surface area contributed by atoms with Crippen molar-refractivity contribution in [3.63, 3.8) is 0 Å². The molecule has 0 atom stereocenters. The van der Waals surface area contributed by atoms with Crippen molar-refractivity contribution in [1.29, 1.82) is 0 Å². The van der Waals surface area contributed by atoms with Crippen LogP contribution in [0.3, 0.4) is 0 Å². The minimum Gasteiger partial charge on any atom is -0.386 e. The van der Waals surface area contributed by atoms with Crippen LogP contribution in [0.4, 0.5) is 0 Å². The molecule has 1 aliphatic rings. The Morgan fingerprint density at radius 1 is 1.37 bits per heavy atom. The molecule has 0 aromatic carbocycles. The molecule has 19 heavy (non-hydrogen) atoms. The van der Waals surface area contributed by atoms with Crippen LogP contribution in [0.1, 0.15) is 17.3 Å². The Bertz CT molecular complexity index is 605. The average molecular weight is 260 g/mol. The molecule has 1 amide bonds. The van der Waals surface area contributed by atoms with Gasteiger partial charge in [0.05, 0.1) is 24.9 Å². The molecule has 2 aromatic rings. The topological polar surface area (TPSA) is 63.3 Å². The van der Waals surface area contributed by atoms with Crippen LogP contribution in [0.2, 0.25) is 0 Å². The van der Waals surface area contributed by atoms with Gasteiger partial charge >= 0.3 is 0 Å². The van der Waals surface area contributed by atoms with Gasteiger partial charge in [-0.15, -0.1) is 0 Å². The van der Waals surface area contributed by atoms with E-state index in [9.17, 15) is 9.90 Å². The SMILES string of the molecule is Cn1ncc(C(=O)N2CC(C)(O)C2)c1-n1cccc1. The number of aliphatic hydroxyl groups is 1. The number of rotatable bonds is 2. The fraction of sp³-hybridized carbons (Fsp3) is 0.385. The van der Waals surface area contributed by atoms with Crippen LogP contribution < -0.4 is 0 Å². The van der Waals surface area contributed by atoms with E-state index in [1.165, 1.54) is 0 Å². The zero-order valence-corrected chi connectivity index (χ0v) is 10.9. The van der Waals surface area contributed by atoms with Gasteiger partial charge < -0.3 is 14.6 Å². The van der Waals surface area contributed by atoms with E-state index >= 15 is 0 Å². The molecule has 1 aliphatic heterocycles. The molecule has 2 aromatic heterocycles. The summed E-state index contributed by atoms with van der Waals surface area (Å²) in [6.45, 7) is 2.46. The maximum atomic E-state index is 12.4. The highest BCUT2D eigenvalue weighted by molar-refractivity contribution is 5.97. The Morgan fingerprint density at radius 2 is 2.00 bits per heavy atom. The molecule has 0 saturated carbocycles. The van der Waals surface area contributed by atoms with E-state index in [-0.39, 0.29) is 5.91 Å². The summed E-state index contributed by atoms with van der Waals surface area (Å²) in [4.78, 5) is 14.0. The second-order valence-electron chi connectivity index (χ2n) is 5.25. The first kappa shape index (κ1) is 12.0. The van der Waals surface area contributed by atoms with E-state index in [4.69, 9.17) is 0 Å². The van der Waals surface area contributed by atoms with E-state index in [1.807, 2.05) is 29.1 Å². The van der Waals surface area contributed by atoms with E-state index in [1.54, 1.807) is 29.7 Å². The number of β-amino-alcohol motifs (C(OH)–C–C–N with tert-alkyl or cyclic N) is 1. The smallest absolute Gasteiger partial charge is 0.259 e. The molecule has 1 saturated heterocycles. The van der Waals surface area contributed by atoms with Gasteiger partial charge in [0.25, 0.3) is 5.91 Å². The third-order valence-electron chi connectivity index (χ3n) is 3.34. The first-order valence-corrected chi connectivity index (χ1v) is 6.15. The van der Waals surface area contributed by atoms with Crippen molar-refractivity contribution < 1.29 is 9.90 Å². The first-order chi connectivity index (χ1) is 8.98. The molecule has 100 valence electrons. The highest BCUT2D eigenvalue weighted by Gasteiger charge is 2.40. The predicted octanol–water partition coefficient (Wildman–Crippen LogP) is 0.418. The lowest BCUT2D eigenvalue weighted by atomic mass is 9.96. The quantitative estimate of drug-likeness (QED) is 0.851. The van der Waals surface area contributed by atoms with Gasteiger partial charge in [0.15, 0.2) is 0 Å². The maximum absolute atomic E-state index is 12.4. The van der Waals surface area contributed by atoms with Crippen molar-refractivity contribution >= 4 is 5.91 Å². The zero-order chi connectivity index (χ0) is 13.6. The molecule has 0 spiro atoms. The van der Waals surface area contributed by atoms with Crippen molar-refractivity contribution in [2.45, 2.75) is 12.5 Å². The van der Waals surface area contributed by atoms with Crippen molar-refractivity contribution in [3.8, 4) is 5.82 Å². The van der Waals surface area contributed by atoms with Crippen LogP contribution in [0.15, 0.2) is 30.7 Å². The van der Waals surface area contributed by atoms with Crippen LogP contribution in [-0.2, 0) is 7.05 Å². The maximum Gasteiger partial charge on any atom is 0.259 e. The molecular formula is C13H16N4O2. The molecule has 0 radical (unpaired) electrons. The fourth-order valence-electron chi connectivity index (χ4n) is 2.45. The Labute approximate surface area is 110 Å². The van der Waals surface area contributed by atoms with Crippen molar-refractivity contribution in [2.75, 3.05) is 13.1 Å². The van der Waals surface area contributed by atoms with Gasteiger partial charge in [-0.05, 0) is 19.1 Å². The molecule has 6 nitrogen and oxygen atoms in total.